The maximum absolute atomic E-state index is 5.63. The van der Waals surface area contributed by atoms with Crippen LogP contribution in [-0.4, -0.2) is 44.6 Å². The molecule has 0 radical (unpaired) electrons. The van der Waals surface area contributed by atoms with E-state index in [1.807, 2.05) is 36.7 Å². The molecule has 3 heterocycles. The average Bonchev–Trinajstić information content (AvgIpc) is 3.23. The molecule has 7 nitrogen and oxygen atoms in total. The molecule has 0 spiro atoms. The fourth-order valence-corrected chi connectivity index (χ4v) is 3.09. The van der Waals surface area contributed by atoms with Crippen LogP contribution in [0.25, 0.3) is 5.69 Å². The molecule has 0 aliphatic carbocycles. The van der Waals surface area contributed by atoms with E-state index in [-0.39, 0.29) is 6.04 Å². The second kappa shape index (κ2) is 6.78. The molecular formula is C18H21N5O2. The molecule has 1 aromatic carbocycles. The predicted octanol–water partition coefficient (Wildman–Crippen LogP) is 2.45. The van der Waals surface area contributed by atoms with Crippen molar-refractivity contribution >= 4 is 0 Å². The summed E-state index contributed by atoms with van der Waals surface area (Å²) in [6, 6.07) is 10.1. The molecule has 1 fully saturated rings. The van der Waals surface area contributed by atoms with Gasteiger partial charge < -0.3 is 9.26 Å². The third kappa shape index (κ3) is 3.33. The molecule has 3 aromatic rings. The van der Waals surface area contributed by atoms with Gasteiger partial charge in [0.2, 0.25) is 5.89 Å². The van der Waals surface area contributed by atoms with E-state index in [4.69, 9.17) is 9.26 Å². The monoisotopic (exact) mass is 339 g/mol. The summed E-state index contributed by atoms with van der Waals surface area (Å²) in [6.45, 7) is 6.73. The minimum atomic E-state index is -0.0191. The fraction of sp³-hybridized carbons (Fsp3) is 0.389. The molecule has 130 valence electrons. The minimum absolute atomic E-state index is 0.0191. The van der Waals surface area contributed by atoms with Crippen LogP contribution in [0, 0.1) is 13.8 Å². The number of ether oxygens (including phenoxy) is 1. The summed E-state index contributed by atoms with van der Waals surface area (Å²) in [7, 11) is 0. The van der Waals surface area contributed by atoms with E-state index in [9.17, 15) is 0 Å². The molecule has 4 rings (SSSR count). The normalized spacial score (nSPS) is 18.6. The molecule has 1 aliphatic heterocycles. The topological polar surface area (TPSA) is 69.2 Å². The molecule has 7 heteroatoms. The van der Waals surface area contributed by atoms with E-state index in [2.05, 4.69) is 38.5 Å². The molecule has 0 N–H and O–H groups in total. The van der Waals surface area contributed by atoms with Gasteiger partial charge in [-0.3, -0.25) is 4.90 Å². The Bertz CT molecular complexity index is 842. The van der Waals surface area contributed by atoms with E-state index < -0.39 is 0 Å². The van der Waals surface area contributed by atoms with Crippen LogP contribution in [0.5, 0.6) is 0 Å². The van der Waals surface area contributed by atoms with Crippen LogP contribution in [-0.2, 0) is 11.3 Å². The summed E-state index contributed by atoms with van der Waals surface area (Å²) in [4.78, 5) is 6.70. The van der Waals surface area contributed by atoms with Gasteiger partial charge in [0.05, 0.1) is 24.6 Å². The molecule has 2 aromatic heterocycles. The third-order valence-corrected chi connectivity index (χ3v) is 4.46. The Kier molecular flexibility index (Phi) is 4.33. The van der Waals surface area contributed by atoms with Crippen LogP contribution in [0.1, 0.15) is 29.0 Å². The molecule has 1 aliphatic rings. The number of aryl methyl sites for hydroxylation is 2. The Morgan fingerprint density at radius 2 is 2.04 bits per heavy atom. The van der Waals surface area contributed by atoms with Gasteiger partial charge in [-0.15, -0.1) is 0 Å². The van der Waals surface area contributed by atoms with E-state index in [0.717, 1.165) is 24.5 Å². The van der Waals surface area contributed by atoms with Crippen LogP contribution in [0.15, 0.2) is 41.1 Å². The summed E-state index contributed by atoms with van der Waals surface area (Å²) < 4.78 is 12.9. The van der Waals surface area contributed by atoms with Crippen LogP contribution in [0.2, 0.25) is 0 Å². The highest BCUT2D eigenvalue weighted by Gasteiger charge is 2.30. The number of hydrogen-bond donors (Lipinski definition) is 0. The Labute approximate surface area is 146 Å². The summed E-state index contributed by atoms with van der Waals surface area (Å²) in [5, 5.41) is 8.57. The van der Waals surface area contributed by atoms with Crippen LogP contribution >= 0.6 is 0 Å². The minimum Gasteiger partial charge on any atom is -0.378 e. The van der Waals surface area contributed by atoms with Gasteiger partial charge in [0.15, 0.2) is 5.82 Å². The summed E-state index contributed by atoms with van der Waals surface area (Å²) in [6.07, 6.45) is 2.09. The summed E-state index contributed by atoms with van der Waals surface area (Å²) in [5.41, 5.74) is 3.27. The van der Waals surface area contributed by atoms with Gasteiger partial charge in [-0.05, 0) is 26.0 Å². The summed E-state index contributed by atoms with van der Waals surface area (Å²) >= 11 is 0. The van der Waals surface area contributed by atoms with Gasteiger partial charge in [0.25, 0.3) is 0 Å². The lowest BCUT2D eigenvalue weighted by Gasteiger charge is -2.33. The fourth-order valence-electron chi connectivity index (χ4n) is 3.09. The number of para-hydroxylation sites is 1. The van der Waals surface area contributed by atoms with Crippen molar-refractivity contribution in [2.24, 2.45) is 0 Å². The first-order chi connectivity index (χ1) is 12.2. The lowest BCUT2D eigenvalue weighted by molar-refractivity contribution is -0.0241. The van der Waals surface area contributed by atoms with E-state index in [0.29, 0.717) is 24.9 Å². The van der Waals surface area contributed by atoms with Crippen molar-refractivity contribution in [2.75, 3.05) is 19.8 Å². The second-order valence-electron chi connectivity index (χ2n) is 6.26. The van der Waals surface area contributed by atoms with Crippen molar-refractivity contribution in [3.05, 3.63) is 59.5 Å². The maximum atomic E-state index is 5.63. The van der Waals surface area contributed by atoms with Gasteiger partial charge in [-0.1, -0.05) is 23.4 Å². The highest BCUT2D eigenvalue weighted by Crippen LogP contribution is 2.25. The number of nitrogens with zero attached hydrogens (tertiary/aromatic N) is 5. The van der Waals surface area contributed by atoms with Crippen molar-refractivity contribution in [2.45, 2.75) is 26.4 Å². The highest BCUT2D eigenvalue weighted by molar-refractivity contribution is 5.32. The van der Waals surface area contributed by atoms with Crippen LogP contribution in [0.4, 0.5) is 0 Å². The number of aromatic nitrogens is 4. The largest absolute Gasteiger partial charge is 0.378 e. The highest BCUT2D eigenvalue weighted by atomic mass is 16.5. The Morgan fingerprint density at radius 3 is 2.80 bits per heavy atom. The van der Waals surface area contributed by atoms with Gasteiger partial charge in [-0.2, -0.15) is 10.1 Å². The lowest BCUT2D eigenvalue weighted by atomic mass is 10.1. The van der Waals surface area contributed by atoms with E-state index in [1.54, 1.807) is 0 Å². The van der Waals surface area contributed by atoms with Crippen molar-refractivity contribution < 1.29 is 9.26 Å². The Hall–Kier alpha value is -2.51. The Morgan fingerprint density at radius 1 is 1.20 bits per heavy atom. The third-order valence-electron chi connectivity index (χ3n) is 4.46. The number of hydrogen-bond acceptors (Lipinski definition) is 6. The van der Waals surface area contributed by atoms with Crippen molar-refractivity contribution in [1.82, 2.24) is 24.8 Å². The molecule has 1 saturated heterocycles. The standard InChI is InChI=1S/C18H21N5O2/c1-13-15(11-23(20-13)16-6-4-3-5-7-16)10-22-8-9-24-12-17(22)18-19-14(2)21-25-18/h3-7,11,17H,8-10,12H2,1-2H3/t17-/m1/s1. The quantitative estimate of drug-likeness (QED) is 0.727. The van der Waals surface area contributed by atoms with E-state index in [1.165, 1.54) is 5.56 Å². The van der Waals surface area contributed by atoms with Crippen LogP contribution in [0.3, 0.4) is 0 Å². The number of rotatable bonds is 4. The van der Waals surface area contributed by atoms with Crippen molar-refractivity contribution in [1.29, 1.82) is 0 Å². The molecule has 0 amide bonds. The van der Waals surface area contributed by atoms with Crippen molar-refractivity contribution in [3.63, 3.8) is 0 Å². The first kappa shape index (κ1) is 16.0. The molecular weight excluding hydrogens is 318 g/mol. The SMILES string of the molecule is Cc1noc([C@H]2COCCN2Cc2cn(-c3ccccc3)nc2C)n1. The first-order valence-electron chi connectivity index (χ1n) is 8.43. The maximum Gasteiger partial charge on any atom is 0.246 e. The van der Waals surface area contributed by atoms with Gasteiger partial charge in [-0.25, -0.2) is 4.68 Å². The van der Waals surface area contributed by atoms with Crippen molar-refractivity contribution in [3.8, 4) is 5.69 Å². The molecule has 0 bridgehead atoms. The zero-order valence-electron chi connectivity index (χ0n) is 14.4. The Balaban J connectivity index is 1.57. The zero-order chi connectivity index (χ0) is 17.2. The van der Waals surface area contributed by atoms with Gasteiger partial charge in [0.1, 0.15) is 6.04 Å². The zero-order valence-corrected chi connectivity index (χ0v) is 14.4. The van der Waals surface area contributed by atoms with E-state index >= 15 is 0 Å². The summed E-state index contributed by atoms with van der Waals surface area (Å²) in [5.74, 6) is 1.26. The molecule has 25 heavy (non-hydrogen) atoms. The molecule has 0 unspecified atom stereocenters. The molecule has 1 atom stereocenters. The van der Waals surface area contributed by atoms with Gasteiger partial charge >= 0.3 is 0 Å². The number of benzene rings is 1. The first-order valence-corrected chi connectivity index (χ1v) is 8.43. The smallest absolute Gasteiger partial charge is 0.246 e. The number of morpholine rings is 1. The lowest BCUT2D eigenvalue weighted by Crippen LogP contribution is -2.39. The second-order valence-corrected chi connectivity index (χ2v) is 6.26. The predicted molar refractivity (Wildman–Crippen MR) is 91.3 cm³/mol. The van der Waals surface area contributed by atoms with Crippen LogP contribution < -0.4 is 0 Å². The van der Waals surface area contributed by atoms with Gasteiger partial charge in [0, 0.05) is 24.8 Å². The molecule has 0 saturated carbocycles. The average molecular weight is 339 g/mol.